The highest BCUT2D eigenvalue weighted by molar-refractivity contribution is 14.1. The number of hydrogen-bond acceptors (Lipinski definition) is 2. The molecular weight excluding hydrogens is 418 g/mol. The van der Waals surface area contributed by atoms with Crippen molar-refractivity contribution in [2.75, 3.05) is 0 Å². The van der Waals surface area contributed by atoms with Gasteiger partial charge in [-0.2, -0.15) is 0 Å². The van der Waals surface area contributed by atoms with Crippen molar-refractivity contribution in [3.05, 3.63) is 53.4 Å². The van der Waals surface area contributed by atoms with Crippen LogP contribution in [0.15, 0.2) is 28.1 Å². The molecule has 2 rings (SSSR count). The number of thiophene rings is 1. The predicted octanol–water partition coefficient (Wildman–Crippen LogP) is 4.79. The maximum absolute atomic E-state index is 13.0. The van der Waals surface area contributed by atoms with E-state index >= 15 is 0 Å². The van der Waals surface area contributed by atoms with Gasteiger partial charge in [0.15, 0.2) is 0 Å². The minimum Gasteiger partial charge on any atom is -0.288 e. The van der Waals surface area contributed by atoms with E-state index in [1.165, 1.54) is 29.5 Å². The Hall–Kier alpha value is -0.270. The Labute approximate surface area is 124 Å². The molecule has 0 radical (unpaired) electrons. The quantitative estimate of drug-likeness (QED) is 0.500. The average Bonchev–Trinajstić information content (AvgIpc) is 2.58. The van der Waals surface area contributed by atoms with E-state index < -0.39 is 0 Å². The van der Waals surface area contributed by atoms with Crippen molar-refractivity contribution >= 4 is 55.6 Å². The van der Waals surface area contributed by atoms with Gasteiger partial charge in [0, 0.05) is 9.13 Å². The zero-order chi connectivity index (χ0) is 12.6. The molecule has 1 heterocycles. The van der Waals surface area contributed by atoms with E-state index in [0.717, 1.165) is 9.35 Å². The van der Waals surface area contributed by atoms with E-state index in [-0.39, 0.29) is 11.6 Å². The zero-order valence-electron chi connectivity index (χ0n) is 8.76. The van der Waals surface area contributed by atoms with Crippen LogP contribution in [0, 0.1) is 16.3 Å². The predicted molar refractivity (Wildman–Crippen MR) is 79.3 cm³/mol. The Kier molecular flexibility index (Phi) is 3.99. The number of halogens is 3. The molecule has 0 spiro atoms. The molecule has 0 atom stereocenters. The summed E-state index contributed by atoms with van der Waals surface area (Å²) in [5, 5.41) is 0. The molecule has 0 aliphatic rings. The number of carbonyl (C=O) groups excluding carboxylic acids is 1. The van der Waals surface area contributed by atoms with Crippen LogP contribution in [-0.2, 0) is 0 Å². The normalized spacial score (nSPS) is 10.6. The first-order valence-electron chi connectivity index (χ1n) is 4.74. The van der Waals surface area contributed by atoms with Crippen molar-refractivity contribution in [1.82, 2.24) is 0 Å². The van der Waals surface area contributed by atoms with Crippen molar-refractivity contribution < 1.29 is 9.18 Å². The van der Waals surface area contributed by atoms with Crippen molar-refractivity contribution in [3.63, 3.8) is 0 Å². The smallest absolute Gasteiger partial charge is 0.204 e. The number of rotatable bonds is 2. The van der Waals surface area contributed by atoms with Crippen LogP contribution in [0.25, 0.3) is 0 Å². The summed E-state index contributed by atoms with van der Waals surface area (Å²) in [5.74, 6) is -0.386. The van der Waals surface area contributed by atoms with Gasteiger partial charge >= 0.3 is 0 Å². The second kappa shape index (κ2) is 5.16. The molecule has 1 nitrogen and oxygen atoms in total. The molecule has 2 aromatic rings. The Bertz CT molecular complexity index is 575. The second-order valence-corrected chi connectivity index (χ2v) is 7.05. The highest BCUT2D eigenvalue weighted by atomic mass is 127. The third kappa shape index (κ3) is 2.77. The Morgan fingerprint density at radius 2 is 2.12 bits per heavy atom. The van der Waals surface area contributed by atoms with Crippen LogP contribution in [0.4, 0.5) is 4.39 Å². The Morgan fingerprint density at radius 1 is 1.41 bits per heavy atom. The number of hydrogen-bond donors (Lipinski definition) is 0. The van der Waals surface area contributed by atoms with Gasteiger partial charge in [-0.3, -0.25) is 4.79 Å². The summed E-state index contributed by atoms with van der Waals surface area (Å²) in [7, 11) is 0. The second-order valence-electron chi connectivity index (χ2n) is 3.52. The lowest BCUT2D eigenvalue weighted by Gasteiger charge is -2.01. The monoisotopic (exact) mass is 424 g/mol. The van der Waals surface area contributed by atoms with Gasteiger partial charge in [-0.15, -0.1) is 11.3 Å². The van der Waals surface area contributed by atoms with Crippen molar-refractivity contribution in [1.29, 1.82) is 0 Å². The van der Waals surface area contributed by atoms with E-state index in [2.05, 4.69) is 15.9 Å². The summed E-state index contributed by atoms with van der Waals surface area (Å²) >= 11 is 6.77. The molecule has 0 bridgehead atoms. The molecule has 88 valence electrons. The maximum atomic E-state index is 13.0. The lowest BCUT2D eigenvalue weighted by molar-refractivity contribution is 0.104. The van der Waals surface area contributed by atoms with Gasteiger partial charge in [0.05, 0.1) is 8.66 Å². The van der Waals surface area contributed by atoms with Crippen LogP contribution in [0.1, 0.15) is 20.8 Å². The summed E-state index contributed by atoms with van der Waals surface area (Å²) < 4.78 is 14.6. The molecule has 0 fully saturated rings. The Balaban J connectivity index is 2.43. The number of carbonyl (C=O) groups is 1. The minimum absolute atomic E-state index is 0.0619. The lowest BCUT2D eigenvalue weighted by atomic mass is 10.1. The molecule has 0 aliphatic carbocycles. The summed E-state index contributed by atoms with van der Waals surface area (Å²) in [4.78, 5) is 12.9. The summed E-state index contributed by atoms with van der Waals surface area (Å²) in [6.45, 7) is 1.94. The van der Waals surface area contributed by atoms with E-state index in [1.807, 2.05) is 35.6 Å². The fourth-order valence-electron chi connectivity index (χ4n) is 1.38. The first-order valence-corrected chi connectivity index (χ1v) is 7.43. The van der Waals surface area contributed by atoms with Gasteiger partial charge in [0.1, 0.15) is 5.82 Å². The molecular formula is C12H7BrFIOS. The van der Waals surface area contributed by atoms with Gasteiger partial charge in [-0.25, -0.2) is 4.39 Å². The molecule has 0 N–H and O–H groups in total. The zero-order valence-corrected chi connectivity index (χ0v) is 13.3. The topological polar surface area (TPSA) is 17.1 Å². The lowest BCUT2D eigenvalue weighted by Crippen LogP contribution is -2.01. The molecule has 0 saturated carbocycles. The van der Waals surface area contributed by atoms with E-state index in [0.29, 0.717) is 14.0 Å². The highest BCUT2D eigenvalue weighted by Gasteiger charge is 2.16. The summed E-state index contributed by atoms with van der Waals surface area (Å²) in [6.07, 6.45) is 0. The van der Waals surface area contributed by atoms with Crippen LogP contribution in [0.3, 0.4) is 0 Å². The molecule has 17 heavy (non-hydrogen) atoms. The Morgan fingerprint density at radius 3 is 2.65 bits per heavy atom. The van der Waals surface area contributed by atoms with E-state index in [1.54, 1.807) is 0 Å². The van der Waals surface area contributed by atoms with Crippen LogP contribution in [0.2, 0.25) is 0 Å². The number of benzene rings is 1. The average molecular weight is 425 g/mol. The minimum atomic E-state index is -0.325. The number of aryl methyl sites for hydroxylation is 1. The fourth-order valence-corrected chi connectivity index (χ4v) is 3.59. The highest BCUT2D eigenvalue weighted by Crippen LogP contribution is 2.30. The summed E-state index contributed by atoms with van der Waals surface area (Å²) in [6, 6.07) is 6.05. The maximum Gasteiger partial charge on any atom is 0.204 e. The molecule has 0 unspecified atom stereocenters. The van der Waals surface area contributed by atoms with Crippen LogP contribution >= 0.6 is 49.9 Å². The first kappa shape index (κ1) is 13.2. The van der Waals surface area contributed by atoms with Crippen LogP contribution in [-0.4, -0.2) is 5.78 Å². The van der Waals surface area contributed by atoms with Gasteiger partial charge in [0.25, 0.3) is 0 Å². The molecule has 0 amide bonds. The molecule has 0 aliphatic heterocycles. The first-order chi connectivity index (χ1) is 7.99. The van der Waals surface area contributed by atoms with Crippen LogP contribution < -0.4 is 0 Å². The molecule has 1 aromatic heterocycles. The van der Waals surface area contributed by atoms with Gasteiger partial charge < -0.3 is 0 Å². The molecule has 0 saturated heterocycles. The van der Waals surface area contributed by atoms with E-state index in [9.17, 15) is 9.18 Å². The number of ketones is 1. The van der Waals surface area contributed by atoms with E-state index in [4.69, 9.17) is 0 Å². The van der Waals surface area contributed by atoms with Crippen LogP contribution in [0.5, 0.6) is 0 Å². The SMILES string of the molecule is Cc1cc(C(=O)c2ccc(F)cc2I)sc1Br. The fraction of sp³-hybridized carbons (Fsp3) is 0.0833. The van der Waals surface area contributed by atoms with Gasteiger partial charge in [-0.1, -0.05) is 0 Å². The molecule has 1 aromatic carbocycles. The standard InChI is InChI=1S/C12H7BrFIOS/c1-6-4-10(17-12(6)13)11(16)8-3-2-7(14)5-9(8)15/h2-5H,1H3. The third-order valence-electron chi connectivity index (χ3n) is 2.26. The van der Waals surface area contributed by atoms with Gasteiger partial charge in [-0.05, 0) is 75.3 Å². The largest absolute Gasteiger partial charge is 0.288 e. The van der Waals surface area contributed by atoms with Crippen molar-refractivity contribution in [2.24, 2.45) is 0 Å². The summed E-state index contributed by atoms with van der Waals surface area (Å²) in [5.41, 5.74) is 1.58. The third-order valence-corrected chi connectivity index (χ3v) is 5.28. The van der Waals surface area contributed by atoms with Gasteiger partial charge in [0.2, 0.25) is 5.78 Å². The van der Waals surface area contributed by atoms with Crippen molar-refractivity contribution in [2.45, 2.75) is 6.92 Å². The molecule has 5 heteroatoms. The van der Waals surface area contributed by atoms with Crippen molar-refractivity contribution in [3.8, 4) is 0 Å².